The molecular weight excluding hydrogens is 436 g/mol. The lowest BCUT2D eigenvalue weighted by Gasteiger charge is -2.01. The molecule has 2 aromatic carbocycles. The highest BCUT2D eigenvalue weighted by Gasteiger charge is 2.17. The first-order valence-electron chi connectivity index (χ1n) is 8.37. The SMILES string of the molecule is Cc1cc2nc(C=Cc3nc4cc(C)c(S(=O)(=O)O)cc4o3)oc2cc1SOOO. The number of rotatable bonds is 6. The Morgan fingerprint density at radius 3 is 2.10 bits per heavy atom. The van der Waals surface area contributed by atoms with Gasteiger partial charge in [-0.25, -0.2) is 15.2 Å². The van der Waals surface area contributed by atoms with Gasteiger partial charge in [-0.05, 0) is 43.2 Å². The molecule has 12 heteroatoms. The molecule has 0 amide bonds. The Labute approximate surface area is 173 Å². The van der Waals surface area contributed by atoms with Crippen LogP contribution in [0.5, 0.6) is 0 Å². The average Bonchev–Trinajstić information content (AvgIpc) is 3.25. The van der Waals surface area contributed by atoms with Crippen molar-refractivity contribution in [1.82, 2.24) is 9.97 Å². The Hall–Kier alpha value is -2.74. The van der Waals surface area contributed by atoms with Crippen LogP contribution >= 0.6 is 12.0 Å². The Balaban J connectivity index is 1.64. The first-order chi connectivity index (χ1) is 14.2. The lowest BCUT2D eigenvalue weighted by atomic mass is 10.2. The van der Waals surface area contributed by atoms with Gasteiger partial charge in [0.05, 0.1) is 12.0 Å². The summed E-state index contributed by atoms with van der Waals surface area (Å²) in [6.07, 6.45) is 3.08. The second kappa shape index (κ2) is 7.83. The van der Waals surface area contributed by atoms with Crippen molar-refractivity contribution in [3.8, 4) is 0 Å². The molecule has 0 spiro atoms. The minimum absolute atomic E-state index is 0.208. The Kier molecular flexibility index (Phi) is 5.36. The van der Waals surface area contributed by atoms with Crippen molar-refractivity contribution in [2.45, 2.75) is 23.6 Å². The molecule has 0 radical (unpaired) electrons. The van der Waals surface area contributed by atoms with Gasteiger partial charge in [-0.3, -0.25) is 4.55 Å². The summed E-state index contributed by atoms with van der Waals surface area (Å²) in [5.41, 5.74) is 2.97. The molecular formula is C18H14N2O8S2. The van der Waals surface area contributed by atoms with Gasteiger partial charge in [0.25, 0.3) is 10.1 Å². The van der Waals surface area contributed by atoms with Gasteiger partial charge < -0.3 is 8.83 Å². The fourth-order valence-electron chi connectivity index (χ4n) is 2.86. The molecule has 0 aliphatic rings. The van der Waals surface area contributed by atoms with E-state index < -0.39 is 10.1 Å². The van der Waals surface area contributed by atoms with E-state index in [1.807, 2.05) is 6.92 Å². The van der Waals surface area contributed by atoms with E-state index in [1.165, 1.54) is 18.2 Å². The third-order valence-electron chi connectivity index (χ3n) is 4.20. The molecule has 4 aromatic rings. The number of aromatic nitrogens is 2. The summed E-state index contributed by atoms with van der Waals surface area (Å²) in [5, 5.41) is 11.9. The number of oxazole rings is 2. The smallest absolute Gasteiger partial charge is 0.294 e. The Morgan fingerprint density at radius 1 is 0.967 bits per heavy atom. The van der Waals surface area contributed by atoms with Crippen LogP contribution in [0.3, 0.4) is 0 Å². The van der Waals surface area contributed by atoms with Crippen LogP contribution in [0.2, 0.25) is 0 Å². The molecule has 30 heavy (non-hydrogen) atoms. The van der Waals surface area contributed by atoms with Crippen LogP contribution in [0.4, 0.5) is 0 Å². The fourth-order valence-corrected chi connectivity index (χ4v) is 4.03. The van der Waals surface area contributed by atoms with E-state index in [4.69, 9.17) is 14.1 Å². The van der Waals surface area contributed by atoms with E-state index in [0.717, 1.165) is 17.6 Å². The van der Waals surface area contributed by atoms with Crippen LogP contribution in [0, 0.1) is 13.8 Å². The fraction of sp³-hybridized carbons (Fsp3) is 0.111. The maximum absolute atomic E-state index is 11.4. The number of hydrogen-bond acceptors (Lipinski definition) is 10. The van der Waals surface area contributed by atoms with Crippen molar-refractivity contribution < 1.29 is 36.4 Å². The molecule has 10 nitrogen and oxygen atoms in total. The summed E-state index contributed by atoms with van der Waals surface area (Å²) in [4.78, 5) is 9.07. The maximum Gasteiger partial charge on any atom is 0.294 e. The van der Waals surface area contributed by atoms with Crippen LogP contribution in [-0.4, -0.2) is 28.2 Å². The van der Waals surface area contributed by atoms with Gasteiger partial charge in [0.15, 0.2) is 11.2 Å². The highest BCUT2D eigenvalue weighted by molar-refractivity contribution is 7.94. The van der Waals surface area contributed by atoms with Gasteiger partial charge in [-0.2, -0.15) is 8.42 Å². The molecule has 156 valence electrons. The lowest BCUT2D eigenvalue weighted by molar-refractivity contribution is -0.432. The molecule has 0 aliphatic heterocycles. The average molecular weight is 450 g/mol. The molecule has 0 bridgehead atoms. The zero-order chi connectivity index (χ0) is 21.5. The lowest BCUT2D eigenvalue weighted by Crippen LogP contribution is -2.00. The summed E-state index contributed by atoms with van der Waals surface area (Å²) in [6.45, 7) is 3.39. The van der Waals surface area contributed by atoms with E-state index in [0.29, 0.717) is 33.0 Å². The van der Waals surface area contributed by atoms with E-state index in [9.17, 15) is 13.0 Å². The van der Waals surface area contributed by atoms with Gasteiger partial charge >= 0.3 is 0 Å². The standard InChI is InChI=1S/C18H14N2O8S2/c1-9-5-11-13(7-15(9)29-28-27-21)25-17(19-11)3-4-18-20-12-6-10(2)16(30(22,23)24)8-14(12)26-18/h3-8,21H,1-2H3,(H,22,23,24). The monoisotopic (exact) mass is 450 g/mol. The molecule has 0 fully saturated rings. The molecule has 0 unspecified atom stereocenters. The van der Waals surface area contributed by atoms with Crippen LogP contribution < -0.4 is 0 Å². The zero-order valence-electron chi connectivity index (χ0n) is 15.5. The molecule has 2 aromatic heterocycles. The molecule has 0 atom stereocenters. The number of nitrogens with zero attached hydrogens (tertiary/aromatic N) is 2. The summed E-state index contributed by atoms with van der Waals surface area (Å²) in [6, 6.07) is 6.22. The Morgan fingerprint density at radius 2 is 1.53 bits per heavy atom. The minimum Gasteiger partial charge on any atom is -0.437 e. The maximum atomic E-state index is 11.4. The van der Waals surface area contributed by atoms with Crippen LogP contribution in [0.1, 0.15) is 22.9 Å². The van der Waals surface area contributed by atoms with Gasteiger partial charge in [-0.1, -0.05) is 5.04 Å². The number of hydrogen-bond donors (Lipinski definition) is 2. The van der Waals surface area contributed by atoms with Crippen LogP contribution in [0.25, 0.3) is 34.4 Å². The van der Waals surface area contributed by atoms with Gasteiger partial charge in [0, 0.05) is 23.1 Å². The van der Waals surface area contributed by atoms with Crippen molar-refractivity contribution in [2.24, 2.45) is 0 Å². The highest BCUT2D eigenvalue weighted by atomic mass is 32.2. The number of benzene rings is 2. The van der Waals surface area contributed by atoms with E-state index >= 15 is 0 Å². The van der Waals surface area contributed by atoms with E-state index in [2.05, 4.69) is 19.3 Å². The van der Waals surface area contributed by atoms with Crippen molar-refractivity contribution in [2.75, 3.05) is 0 Å². The molecule has 0 aliphatic carbocycles. The topological polar surface area (TPSA) is 145 Å². The predicted octanol–water partition coefficient (Wildman–Crippen LogP) is 4.43. The van der Waals surface area contributed by atoms with Gasteiger partial charge in [0.1, 0.15) is 15.9 Å². The molecule has 2 heterocycles. The first-order valence-corrected chi connectivity index (χ1v) is 10.6. The normalized spacial score (nSPS) is 12.5. The molecule has 0 saturated carbocycles. The predicted molar refractivity (Wildman–Crippen MR) is 107 cm³/mol. The zero-order valence-corrected chi connectivity index (χ0v) is 17.2. The van der Waals surface area contributed by atoms with Gasteiger partial charge in [0.2, 0.25) is 11.8 Å². The van der Waals surface area contributed by atoms with E-state index in [1.54, 1.807) is 25.1 Å². The third kappa shape index (κ3) is 4.09. The summed E-state index contributed by atoms with van der Waals surface area (Å²) >= 11 is 0.824. The second-order valence-electron chi connectivity index (χ2n) is 6.31. The summed E-state index contributed by atoms with van der Waals surface area (Å²) in [7, 11) is -4.36. The molecule has 4 rings (SSSR count). The van der Waals surface area contributed by atoms with Gasteiger partial charge in [-0.15, -0.1) is 4.33 Å². The largest absolute Gasteiger partial charge is 0.437 e. The molecule has 2 N–H and O–H groups in total. The quantitative estimate of drug-likeness (QED) is 0.186. The Bertz CT molecular complexity index is 1390. The third-order valence-corrected chi connectivity index (χ3v) is 5.95. The summed E-state index contributed by atoms with van der Waals surface area (Å²) < 4.78 is 47.8. The summed E-state index contributed by atoms with van der Waals surface area (Å²) in [5.74, 6) is 0.503. The van der Waals surface area contributed by atoms with Crippen molar-refractivity contribution in [3.63, 3.8) is 0 Å². The first kappa shape index (κ1) is 20.5. The number of fused-ring (bicyclic) bond motifs is 2. The molecule has 0 saturated heterocycles. The minimum atomic E-state index is -4.36. The van der Waals surface area contributed by atoms with Crippen molar-refractivity contribution in [1.29, 1.82) is 0 Å². The van der Waals surface area contributed by atoms with Crippen LogP contribution in [-0.2, 0) is 19.5 Å². The van der Waals surface area contributed by atoms with E-state index in [-0.39, 0.29) is 16.4 Å². The van der Waals surface area contributed by atoms with Crippen molar-refractivity contribution >= 4 is 56.5 Å². The van der Waals surface area contributed by atoms with Crippen molar-refractivity contribution in [3.05, 3.63) is 47.2 Å². The second-order valence-corrected chi connectivity index (χ2v) is 8.44. The number of aryl methyl sites for hydroxylation is 2. The van der Waals surface area contributed by atoms with Crippen LogP contribution in [0.15, 0.2) is 42.9 Å². The highest BCUT2D eigenvalue weighted by Crippen LogP contribution is 2.29.